The summed E-state index contributed by atoms with van der Waals surface area (Å²) in [5.74, 6) is -1.32. The largest absolute Gasteiger partial charge is 0.477 e. The van der Waals surface area contributed by atoms with Crippen LogP contribution in [0.5, 0.6) is 0 Å². The zero-order valence-corrected chi connectivity index (χ0v) is 12.6. The number of benzene rings is 2. The molecule has 2 N–H and O–H groups in total. The fourth-order valence-corrected chi connectivity index (χ4v) is 1.91. The third kappa shape index (κ3) is 5.10. The number of carbonyl (C=O) groups excluding carboxylic acids is 2. The number of carboxylic acids is 1. The molecule has 0 unspecified atom stereocenters. The molecular formula is C18H15NO5. The molecule has 0 aliphatic rings. The lowest BCUT2D eigenvalue weighted by atomic mass is 10.1. The Kier molecular flexibility index (Phi) is 5.85. The van der Waals surface area contributed by atoms with Crippen LogP contribution in [0.25, 0.3) is 6.08 Å². The van der Waals surface area contributed by atoms with Crippen molar-refractivity contribution >= 4 is 24.4 Å². The predicted octanol–water partition coefficient (Wildman–Crippen LogP) is 2.85. The summed E-state index contributed by atoms with van der Waals surface area (Å²) in [5.41, 5.74) is 1.31. The van der Waals surface area contributed by atoms with Crippen molar-refractivity contribution in [3.8, 4) is 0 Å². The number of rotatable bonds is 6. The van der Waals surface area contributed by atoms with Gasteiger partial charge in [0.15, 0.2) is 0 Å². The van der Waals surface area contributed by atoms with Gasteiger partial charge in [0.05, 0.1) is 0 Å². The van der Waals surface area contributed by atoms with Gasteiger partial charge >= 0.3 is 12.1 Å². The Balaban J connectivity index is 2.04. The van der Waals surface area contributed by atoms with E-state index >= 15 is 0 Å². The molecule has 0 aromatic heterocycles. The van der Waals surface area contributed by atoms with E-state index in [0.29, 0.717) is 17.4 Å². The number of aldehydes is 1. The van der Waals surface area contributed by atoms with Gasteiger partial charge in [-0.3, -0.25) is 10.1 Å². The van der Waals surface area contributed by atoms with E-state index < -0.39 is 12.1 Å². The zero-order chi connectivity index (χ0) is 17.4. The highest BCUT2D eigenvalue weighted by Crippen LogP contribution is 2.09. The van der Waals surface area contributed by atoms with E-state index in [1.165, 1.54) is 12.1 Å². The summed E-state index contributed by atoms with van der Waals surface area (Å²) in [5, 5.41) is 11.4. The van der Waals surface area contributed by atoms with Gasteiger partial charge in [0, 0.05) is 5.56 Å². The molecule has 0 bridgehead atoms. The van der Waals surface area contributed by atoms with E-state index in [-0.39, 0.29) is 12.3 Å². The fourth-order valence-electron chi connectivity index (χ4n) is 1.91. The van der Waals surface area contributed by atoms with Gasteiger partial charge in [-0.2, -0.15) is 0 Å². The summed E-state index contributed by atoms with van der Waals surface area (Å²) in [4.78, 5) is 33.8. The number of hydrogen-bond donors (Lipinski definition) is 2. The van der Waals surface area contributed by atoms with Gasteiger partial charge in [0.1, 0.15) is 18.6 Å². The first kappa shape index (κ1) is 17.0. The monoisotopic (exact) mass is 325 g/mol. The number of amides is 1. The lowest BCUT2D eigenvalue weighted by Crippen LogP contribution is -2.27. The standard InChI is InChI=1S/C18H15NO5/c20-11-15-8-4-7-14(9-15)10-16(17(21)22)19-18(23)24-12-13-5-2-1-3-6-13/h1-11H,12H2,(H,19,23)(H,21,22)/b16-10+. The molecule has 122 valence electrons. The number of carboxylic acid groups (broad SMARTS) is 1. The quantitative estimate of drug-likeness (QED) is 0.629. The summed E-state index contributed by atoms with van der Waals surface area (Å²) >= 11 is 0. The van der Waals surface area contributed by atoms with Crippen molar-refractivity contribution in [1.29, 1.82) is 0 Å². The van der Waals surface area contributed by atoms with Crippen molar-refractivity contribution in [2.75, 3.05) is 0 Å². The van der Waals surface area contributed by atoms with Crippen molar-refractivity contribution in [1.82, 2.24) is 5.32 Å². The molecule has 0 aliphatic carbocycles. The Labute approximate surface area is 138 Å². The molecule has 2 aromatic rings. The van der Waals surface area contributed by atoms with Crippen LogP contribution < -0.4 is 5.32 Å². The van der Waals surface area contributed by atoms with E-state index in [2.05, 4.69) is 5.32 Å². The molecule has 24 heavy (non-hydrogen) atoms. The number of ether oxygens (including phenoxy) is 1. The summed E-state index contributed by atoms with van der Waals surface area (Å²) in [6.45, 7) is 0.0280. The molecule has 0 saturated carbocycles. The minimum absolute atomic E-state index is 0.0280. The Morgan fingerprint density at radius 1 is 1.04 bits per heavy atom. The van der Waals surface area contributed by atoms with Crippen LogP contribution in [0.1, 0.15) is 21.5 Å². The van der Waals surface area contributed by atoms with Crippen LogP contribution >= 0.6 is 0 Å². The Hall–Kier alpha value is -3.41. The molecule has 0 saturated heterocycles. The molecule has 0 heterocycles. The van der Waals surface area contributed by atoms with E-state index in [1.54, 1.807) is 42.5 Å². The van der Waals surface area contributed by atoms with Crippen LogP contribution in [0.2, 0.25) is 0 Å². The molecule has 0 spiro atoms. The highest BCUT2D eigenvalue weighted by Gasteiger charge is 2.13. The van der Waals surface area contributed by atoms with Crippen molar-refractivity contribution in [2.45, 2.75) is 6.61 Å². The first-order valence-corrected chi connectivity index (χ1v) is 7.06. The van der Waals surface area contributed by atoms with Crippen LogP contribution in [0.15, 0.2) is 60.3 Å². The second-order valence-corrected chi connectivity index (χ2v) is 4.84. The van der Waals surface area contributed by atoms with Gasteiger partial charge < -0.3 is 9.84 Å². The molecule has 0 fully saturated rings. The SMILES string of the molecule is O=Cc1cccc(/C=C(/NC(=O)OCc2ccccc2)C(=O)O)c1. The van der Waals surface area contributed by atoms with Crippen molar-refractivity contribution < 1.29 is 24.2 Å². The fraction of sp³-hybridized carbons (Fsp3) is 0.0556. The van der Waals surface area contributed by atoms with Gasteiger partial charge in [-0.05, 0) is 23.3 Å². The number of nitrogens with one attached hydrogen (secondary N) is 1. The summed E-state index contributed by atoms with van der Waals surface area (Å²) in [6.07, 6.45) is 1.03. The van der Waals surface area contributed by atoms with Gasteiger partial charge in [-0.1, -0.05) is 48.5 Å². The average Bonchev–Trinajstić information content (AvgIpc) is 2.60. The minimum Gasteiger partial charge on any atom is -0.477 e. The van der Waals surface area contributed by atoms with Crippen molar-refractivity contribution in [3.63, 3.8) is 0 Å². The van der Waals surface area contributed by atoms with Crippen LogP contribution in [-0.4, -0.2) is 23.5 Å². The van der Waals surface area contributed by atoms with Gasteiger partial charge in [0.25, 0.3) is 0 Å². The molecule has 0 atom stereocenters. The third-order valence-electron chi connectivity index (χ3n) is 3.04. The summed E-state index contributed by atoms with van der Waals surface area (Å²) in [7, 11) is 0. The number of carbonyl (C=O) groups is 3. The molecule has 0 aliphatic heterocycles. The average molecular weight is 325 g/mol. The minimum atomic E-state index is -1.32. The van der Waals surface area contributed by atoms with E-state index in [1.807, 2.05) is 6.07 Å². The molecule has 1 amide bonds. The third-order valence-corrected chi connectivity index (χ3v) is 3.04. The maximum absolute atomic E-state index is 11.8. The number of hydrogen-bond acceptors (Lipinski definition) is 4. The van der Waals surface area contributed by atoms with Gasteiger partial charge in [0.2, 0.25) is 0 Å². The van der Waals surface area contributed by atoms with Crippen LogP contribution in [0.4, 0.5) is 4.79 Å². The van der Waals surface area contributed by atoms with E-state index in [4.69, 9.17) is 4.74 Å². The highest BCUT2D eigenvalue weighted by atomic mass is 16.5. The van der Waals surface area contributed by atoms with Gasteiger partial charge in [-0.25, -0.2) is 9.59 Å². The highest BCUT2D eigenvalue weighted by molar-refractivity contribution is 5.95. The van der Waals surface area contributed by atoms with Crippen molar-refractivity contribution in [3.05, 3.63) is 77.0 Å². The second kappa shape index (κ2) is 8.28. The normalized spacial score (nSPS) is 10.8. The zero-order valence-electron chi connectivity index (χ0n) is 12.6. The maximum Gasteiger partial charge on any atom is 0.412 e. The molecule has 0 radical (unpaired) electrons. The number of alkyl carbamates (subject to hydrolysis) is 1. The second-order valence-electron chi connectivity index (χ2n) is 4.84. The molecule has 6 heteroatoms. The van der Waals surface area contributed by atoms with Gasteiger partial charge in [-0.15, -0.1) is 0 Å². The Morgan fingerprint density at radius 2 is 1.75 bits per heavy atom. The van der Waals surface area contributed by atoms with Crippen LogP contribution in [0.3, 0.4) is 0 Å². The number of aliphatic carboxylic acids is 1. The predicted molar refractivity (Wildman–Crippen MR) is 87.2 cm³/mol. The topological polar surface area (TPSA) is 92.7 Å². The van der Waals surface area contributed by atoms with Crippen LogP contribution in [0, 0.1) is 0 Å². The Bertz CT molecular complexity index is 768. The smallest absolute Gasteiger partial charge is 0.412 e. The van der Waals surface area contributed by atoms with Crippen molar-refractivity contribution in [2.24, 2.45) is 0 Å². The maximum atomic E-state index is 11.8. The first-order valence-electron chi connectivity index (χ1n) is 7.06. The molecule has 6 nitrogen and oxygen atoms in total. The summed E-state index contributed by atoms with van der Waals surface area (Å²) in [6, 6.07) is 15.3. The van der Waals surface area contributed by atoms with E-state index in [9.17, 15) is 19.5 Å². The summed E-state index contributed by atoms with van der Waals surface area (Å²) < 4.78 is 4.98. The van der Waals surface area contributed by atoms with Crippen LogP contribution in [-0.2, 0) is 16.1 Å². The lowest BCUT2D eigenvalue weighted by Gasteiger charge is -2.08. The molecule has 2 rings (SSSR count). The molecular weight excluding hydrogens is 310 g/mol. The molecule has 2 aromatic carbocycles. The van der Waals surface area contributed by atoms with E-state index in [0.717, 1.165) is 5.56 Å². The first-order chi connectivity index (χ1) is 11.6. The lowest BCUT2D eigenvalue weighted by molar-refractivity contribution is -0.132. The Morgan fingerprint density at radius 3 is 2.42 bits per heavy atom.